The van der Waals surface area contributed by atoms with E-state index in [0.717, 1.165) is 29.5 Å². The van der Waals surface area contributed by atoms with Crippen LogP contribution in [-0.2, 0) is 14.6 Å². The van der Waals surface area contributed by atoms with Crippen LogP contribution in [0.15, 0.2) is 36.4 Å². The maximum atomic E-state index is 12.6. The number of halogens is 1. The number of aromatic nitrogens is 2. The summed E-state index contributed by atoms with van der Waals surface area (Å²) < 4.78 is 26.0. The first-order chi connectivity index (χ1) is 11.7. The molecule has 2 aromatic rings. The topological polar surface area (TPSA) is 115 Å². The maximum Gasteiger partial charge on any atom is 0.230 e. The van der Waals surface area contributed by atoms with Gasteiger partial charge in [0.15, 0.2) is 5.16 Å². The van der Waals surface area contributed by atoms with Crippen molar-refractivity contribution >= 4 is 60.6 Å². The van der Waals surface area contributed by atoms with Crippen LogP contribution in [0, 0.1) is 0 Å². The van der Waals surface area contributed by atoms with Crippen molar-refractivity contribution in [3.63, 3.8) is 0 Å². The number of nitrogens with two attached hydrogens (primary N) is 1. The van der Waals surface area contributed by atoms with Gasteiger partial charge in [-0.15, -0.1) is 11.3 Å². The molecule has 0 radical (unpaired) electrons. The molecule has 1 amide bonds. The number of thioether (sulfide) groups is 1. The lowest BCUT2D eigenvalue weighted by atomic mass is 10.3. The van der Waals surface area contributed by atoms with Crippen molar-refractivity contribution in [1.29, 1.82) is 0 Å². The lowest BCUT2D eigenvalue weighted by molar-refractivity contribution is -0.119. The summed E-state index contributed by atoms with van der Waals surface area (Å²) in [5.41, 5.74) is 5.81. The molecule has 0 fully saturated rings. The molecule has 2 rings (SSSR count). The van der Waals surface area contributed by atoms with Gasteiger partial charge in [-0.25, -0.2) is 18.4 Å². The van der Waals surface area contributed by atoms with Crippen molar-refractivity contribution in [2.45, 2.75) is 40.6 Å². The summed E-state index contributed by atoms with van der Waals surface area (Å²) in [6, 6.07) is 3.23. The van der Waals surface area contributed by atoms with E-state index in [1.54, 1.807) is 6.07 Å². The number of nitrogens with one attached hydrogen (secondary N) is 1. The second-order valence-electron chi connectivity index (χ2n) is 5.13. The summed E-state index contributed by atoms with van der Waals surface area (Å²) in [6.45, 7) is 3.90. The van der Waals surface area contributed by atoms with Crippen molar-refractivity contribution < 1.29 is 13.2 Å². The van der Waals surface area contributed by atoms with Gasteiger partial charge in [0.2, 0.25) is 15.7 Å². The normalized spacial score (nSPS) is 12.8. The number of carbonyl (C=O) groups is 1. The minimum absolute atomic E-state index is 0.0942. The van der Waals surface area contributed by atoms with E-state index in [9.17, 15) is 13.2 Å². The van der Waals surface area contributed by atoms with Crippen molar-refractivity contribution in [3.05, 3.63) is 22.1 Å². The highest BCUT2D eigenvalue weighted by Gasteiger charge is 2.24. The molecular weight excluding hydrogens is 448 g/mol. The number of nitrogen functional groups attached to an aromatic ring is 1. The van der Waals surface area contributed by atoms with Gasteiger partial charge in [-0.3, -0.25) is 4.79 Å². The molecule has 3 N–H and O–H groups in total. The zero-order chi connectivity index (χ0) is 18.6. The fourth-order valence-electron chi connectivity index (χ4n) is 1.74. The zero-order valence-corrected chi connectivity index (χ0v) is 17.6. The molecule has 0 aliphatic rings. The molecule has 1 atom stereocenters. The van der Waals surface area contributed by atoms with Crippen LogP contribution >= 0.6 is 39.0 Å². The second kappa shape index (κ2) is 8.47. The lowest BCUT2D eigenvalue weighted by Gasteiger charge is -2.11. The Bertz CT molecular complexity index is 870. The molecule has 0 aliphatic heterocycles. The lowest BCUT2D eigenvalue weighted by Crippen LogP contribution is -2.33. The van der Waals surface area contributed by atoms with Gasteiger partial charge >= 0.3 is 0 Å². The van der Waals surface area contributed by atoms with Crippen LogP contribution < -0.4 is 11.1 Å². The molecule has 2 aromatic heterocycles. The number of anilines is 1. The van der Waals surface area contributed by atoms with E-state index in [2.05, 4.69) is 31.2 Å². The van der Waals surface area contributed by atoms with Gasteiger partial charge < -0.3 is 11.1 Å². The Balaban J connectivity index is 2.12. The van der Waals surface area contributed by atoms with Gasteiger partial charge in [-0.1, -0.05) is 18.7 Å². The maximum absolute atomic E-state index is 12.6. The summed E-state index contributed by atoms with van der Waals surface area (Å²) in [7, 11) is -3.77. The minimum Gasteiger partial charge on any atom is -0.382 e. The third kappa shape index (κ3) is 5.16. The molecule has 2 heterocycles. The summed E-state index contributed by atoms with van der Waals surface area (Å²) in [4.78, 5) is 19.6. The van der Waals surface area contributed by atoms with E-state index in [1.807, 2.05) is 13.8 Å². The van der Waals surface area contributed by atoms with E-state index in [4.69, 9.17) is 5.73 Å². The van der Waals surface area contributed by atoms with Crippen molar-refractivity contribution in [1.82, 2.24) is 15.3 Å². The summed E-state index contributed by atoms with van der Waals surface area (Å²) in [5, 5.41) is 3.08. The van der Waals surface area contributed by atoms with Gasteiger partial charge in [-0.2, -0.15) is 0 Å². The number of sulfone groups is 1. The fraction of sp³-hybridized carbons (Fsp3) is 0.357. The number of hydrogen-bond acceptors (Lipinski definition) is 8. The average molecular weight is 465 g/mol. The Labute approximate surface area is 162 Å². The molecule has 0 aromatic carbocycles. The monoisotopic (exact) mass is 464 g/mol. The third-order valence-corrected chi connectivity index (χ3v) is 7.96. The molecule has 0 spiro atoms. The highest BCUT2D eigenvalue weighted by Crippen LogP contribution is 2.32. The molecule has 0 unspecified atom stereocenters. The van der Waals surface area contributed by atoms with Crippen LogP contribution in [0.25, 0.3) is 0 Å². The van der Waals surface area contributed by atoms with Gasteiger partial charge in [0, 0.05) is 6.04 Å². The number of carbonyl (C=O) groups excluding carboxylic acids is 1. The quantitative estimate of drug-likeness (QED) is 0.477. The van der Waals surface area contributed by atoms with E-state index >= 15 is 0 Å². The first kappa shape index (κ1) is 20.1. The predicted molar refractivity (Wildman–Crippen MR) is 103 cm³/mol. The summed E-state index contributed by atoms with van der Waals surface area (Å²) >= 11 is 5.42. The zero-order valence-electron chi connectivity index (χ0n) is 13.5. The minimum atomic E-state index is -3.77. The van der Waals surface area contributed by atoms with Crippen LogP contribution in [0.5, 0.6) is 0 Å². The summed E-state index contributed by atoms with van der Waals surface area (Å²) in [5.74, 6) is -0.140. The van der Waals surface area contributed by atoms with E-state index in [-0.39, 0.29) is 37.8 Å². The van der Waals surface area contributed by atoms with Gasteiger partial charge in [0.25, 0.3) is 0 Å². The fourth-order valence-corrected chi connectivity index (χ4v) is 5.77. The van der Waals surface area contributed by atoms with Crippen LogP contribution in [0.1, 0.15) is 20.3 Å². The molecule has 136 valence electrons. The Morgan fingerprint density at radius 1 is 1.48 bits per heavy atom. The van der Waals surface area contributed by atoms with E-state index in [0.29, 0.717) is 3.79 Å². The number of thiophene rings is 1. The molecule has 0 aliphatic carbocycles. The van der Waals surface area contributed by atoms with E-state index in [1.165, 1.54) is 12.3 Å². The smallest absolute Gasteiger partial charge is 0.230 e. The number of nitrogens with zero attached hydrogens (tertiary/aromatic N) is 2. The predicted octanol–water partition coefficient (Wildman–Crippen LogP) is 2.72. The Morgan fingerprint density at radius 3 is 2.76 bits per heavy atom. The van der Waals surface area contributed by atoms with Crippen LogP contribution in [0.2, 0.25) is 0 Å². The third-order valence-electron chi connectivity index (χ3n) is 3.22. The highest BCUT2D eigenvalue weighted by molar-refractivity contribution is 9.11. The Hall–Kier alpha value is -1.17. The molecule has 25 heavy (non-hydrogen) atoms. The number of rotatable bonds is 7. The molecule has 0 saturated carbocycles. The van der Waals surface area contributed by atoms with Crippen LogP contribution in [0.4, 0.5) is 5.82 Å². The number of hydrogen-bond donors (Lipinski definition) is 2. The van der Waals surface area contributed by atoms with Crippen molar-refractivity contribution in [2.24, 2.45) is 0 Å². The summed E-state index contributed by atoms with van der Waals surface area (Å²) in [6.07, 6.45) is 2.02. The Morgan fingerprint density at radius 2 is 2.20 bits per heavy atom. The van der Waals surface area contributed by atoms with Crippen molar-refractivity contribution in [3.8, 4) is 0 Å². The van der Waals surface area contributed by atoms with Gasteiger partial charge in [0.05, 0.1) is 15.7 Å². The van der Waals surface area contributed by atoms with Gasteiger partial charge in [-0.05, 0) is 41.4 Å². The molecule has 11 heteroatoms. The van der Waals surface area contributed by atoms with Crippen LogP contribution in [-0.4, -0.2) is 36.1 Å². The molecule has 0 saturated heterocycles. The molecule has 0 bridgehead atoms. The number of amides is 1. The van der Waals surface area contributed by atoms with E-state index < -0.39 is 9.84 Å². The molecule has 7 nitrogen and oxygen atoms in total. The Kier molecular flexibility index (Phi) is 6.83. The van der Waals surface area contributed by atoms with Crippen molar-refractivity contribution in [2.75, 3.05) is 11.5 Å². The average Bonchev–Trinajstić information content (AvgIpc) is 3.00. The standard InChI is InChI=1S/C14H17BrN4O3S3/c1-3-8(2)18-11(20)7-23-14-17-6-9(13(16)19-14)25(21,22)12-5-4-10(15)24-12/h4-6,8H,3,7H2,1-2H3,(H,18,20)(H2,16,17,19)/t8-/m0/s1. The van der Waals surface area contributed by atoms with Gasteiger partial charge in [0.1, 0.15) is 14.9 Å². The first-order valence-corrected chi connectivity index (χ1v) is 11.4. The molecular formula is C14H17BrN4O3S3. The first-order valence-electron chi connectivity index (χ1n) is 7.29. The second-order valence-corrected chi connectivity index (χ2v) is 10.7. The largest absolute Gasteiger partial charge is 0.382 e. The highest BCUT2D eigenvalue weighted by atomic mass is 79.9. The SMILES string of the molecule is CC[C@H](C)NC(=O)CSc1ncc(S(=O)(=O)c2ccc(Br)s2)c(N)n1. The van der Waals surface area contributed by atoms with Crippen LogP contribution in [0.3, 0.4) is 0 Å².